The number of hydrogen-bond donors (Lipinski definition) is 2. The van der Waals surface area contributed by atoms with Gasteiger partial charge in [-0.15, -0.1) is 0 Å². The van der Waals surface area contributed by atoms with Gasteiger partial charge in [0.2, 0.25) is 0 Å². The van der Waals surface area contributed by atoms with Crippen LogP contribution in [0.2, 0.25) is 0 Å². The van der Waals surface area contributed by atoms with Crippen LogP contribution in [0.5, 0.6) is 5.75 Å². The number of benzene rings is 1. The number of para-hydroxylation sites is 1. The molecule has 2 amide bonds. The molecule has 28 heavy (non-hydrogen) atoms. The number of nitrogens with one attached hydrogen (secondary N) is 1. The zero-order chi connectivity index (χ0) is 20.1. The molecule has 2 heterocycles. The van der Waals surface area contributed by atoms with E-state index in [1.165, 1.54) is 23.1 Å². The van der Waals surface area contributed by atoms with Crippen molar-refractivity contribution >= 4 is 11.8 Å². The Bertz CT molecular complexity index is 809. The van der Waals surface area contributed by atoms with Gasteiger partial charge in [-0.3, -0.25) is 10.00 Å². The average molecular weight is 398 g/mol. The lowest BCUT2D eigenvalue weighted by atomic mass is 10.2. The summed E-state index contributed by atoms with van der Waals surface area (Å²) in [6.45, 7) is 1.14. The third-order valence-corrected chi connectivity index (χ3v) is 4.34. The van der Waals surface area contributed by atoms with Crippen molar-refractivity contribution in [3.63, 3.8) is 0 Å². The van der Waals surface area contributed by atoms with E-state index in [4.69, 9.17) is 9.84 Å². The molecule has 1 saturated heterocycles. The highest BCUT2D eigenvalue weighted by atomic mass is 19.4. The highest BCUT2D eigenvalue weighted by Crippen LogP contribution is 2.36. The summed E-state index contributed by atoms with van der Waals surface area (Å²) in [5, 5.41) is 15.7. The average Bonchev–Trinajstić information content (AvgIpc) is 3.29. The van der Waals surface area contributed by atoms with Crippen LogP contribution in [-0.4, -0.2) is 51.6 Å². The molecule has 1 aliphatic heterocycles. The maximum Gasteiger partial charge on any atom is 0.419 e. The minimum absolute atomic E-state index is 0.0498. The van der Waals surface area contributed by atoms with Crippen molar-refractivity contribution in [2.45, 2.75) is 31.7 Å². The third kappa shape index (κ3) is 4.94. The number of aliphatic hydroxyl groups excluding tert-OH is 1. The number of rotatable bonds is 6. The minimum Gasteiger partial charge on any atom is -0.488 e. The number of carbonyl (C=O) groups is 1. The molecule has 0 radical (unpaired) electrons. The number of amides is 2. The SMILES string of the molecule is O=C(Nc1ccn(CCCO)n1)N1CC[C@H](Oc2ccccc2C(F)(F)F)C1. The van der Waals surface area contributed by atoms with E-state index in [-0.39, 0.29) is 24.9 Å². The fourth-order valence-corrected chi connectivity index (χ4v) is 2.97. The van der Waals surface area contributed by atoms with E-state index in [0.717, 1.165) is 6.07 Å². The molecular formula is C18H21F3N4O3. The van der Waals surface area contributed by atoms with Crippen LogP contribution in [0.15, 0.2) is 36.5 Å². The second-order valence-corrected chi connectivity index (χ2v) is 6.44. The smallest absolute Gasteiger partial charge is 0.419 e. The molecule has 0 bridgehead atoms. The van der Waals surface area contributed by atoms with Gasteiger partial charge in [-0.2, -0.15) is 18.3 Å². The van der Waals surface area contributed by atoms with Crippen LogP contribution in [0, 0.1) is 0 Å². The number of halogens is 3. The van der Waals surface area contributed by atoms with E-state index in [9.17, 15) is 18.0 Å². The van der Waals surface area contributed by atoms with Crippen molar-refractivity contribution in [1.82, 2.24) is 14.7 Å². The third-order valence-electron chi connectivity index (χ3n) is 4.34. The van der Waals surface area contributed by atoms with Gasteiger partial charge in [0, 0.05) is 38.4 Å². The molecule has 1 fully saturated rings. The summed E-state index contributed by atoms with van der Waals surface area (Å²) in [4.78, 5) is 13.8. The molecule has 10 heteroatoms. The molecule has 0 unspecified atom stereocenters. The first-order chi connectivity index (χ1) is 13.4. The zero-order valence-corrected chi connectivity index (χ0v) is 15.0. The van der Waals surface area contributed by atoms with Crippen LogP contribution < -0.4 is 10.1 Å². The van der Waals surface area contributed by atoms with Crippen LogP contribution in [0.3, 0.4) is 0 Å². The summed E-state index contributed by atoms with van der Waals surface area (Å²) in [6.07, 6.45) is -2.34. The lowest BCUT2D eigenvalue weighted by molar-refractivity contribution is -0.139. The Kier molecular flexibility index (Phi) is 6.08. The predicted molar refractivity (Wildman–Crippen MR) is 95.0 cm³/mol. The summed E-state index contributed by atoms with van der Waals surface area (Å²) < 4.78 is 46.3. The molecule has 2 aromatic rings. The minimum atomic E-state index is -4.50. The van der Waals surface area contributed by atoms with Crippen molar-refractivity contribution in [2.75, 3.05) is 25.0 Å². The van der Waals surface area contributed by atoms with E-state index in [0.29, 0.717) is 31.7 Å². The van der Waals surface area contributed by atoms with Crippen molar-refractivity contribution < 1.29 is 27.8 Å². The number of ether oxygens (including phenoxy) is 1. The number of aliphatic hydroxyl groups is 1. The molecule has 1 aromatic heterocycles. The number of carbonyl (C=O) groups excluding carboxylic acids is 1. The number of likely N-dealkylation sites (tertiary alicyclic amines) is 1. The largest absolute Gasteiger partial charge is 0.488 e. The molecule has 1 aromatic carbocycles. The Morgan fingerprint density at radius 1 is 1.32 bits per heavy atom. The Hall–Kier alpha value is -2.75. The summed E-state index contributed by atoms with van der Waals surface area (Å²) in [7, 11) is 0. The number of aryl methyl sites for hydroxylation is 1. The molecule has 2 N–H and O–H groups in total. The van der Waals surface area contributed by atoms with E-state index in [1.54, 1.807) is 16.9 Å². The Labute approximate surface area is 159 Å². The molecule has 3 rings (SSSR count). The number of nitrogens with zero attached hydrogens (tertiary/aromatic N) is 3. The van der Waals surface area contributed by atoms with Crippen LogP contribution in [0.1, 0.15) is 18.4 Å². The Morgan fingerprint density at radius 3 is 2.86 bits per heavy atom. The molecule has 152 valence electrons. The van der Waals surface area contributed by atoms with E-state index >= 15 is 0 Å². The fraction of sp³-hybridized carbons (Fsp3) is 0.444. The Morgan fingerprint density at radius 2 is 2.11 bits per heavy atom. The molecule has 1 aliphatic rings. The van der Waals surface area contributed by atoms with Gasteiger partial charge in [0.25, 0.3) is 0 Å². The molecule has 7 nitrogen and oxygen atoms in total. The van der Waals surface area contributed by atoms with Crippen LogP contribution in [0.4, 0.5) is 23.8 Å². The fourth-order valence-electron chi connectivity index (χ4n) is 2.97. The van der Waals surface area contributed by atoms with Crippen molar-refractivity contribution in [1.29, 1.82) is 0 Å². The van der Waals surface area contributed by atoms with Gasteiger partial charge >= 0.3 is 12.2 Å². The standard InChI is InChI=1S/C18H21F3N4O3/c19-18(20,21)14-4-1-2-5-15(14)28-13-6-9-24(12-13)17(27)22-16-7-10-25(23-16)8-3-11-26/h1-2,4-5,7,10,13,26H,3,6,8-9,11-12H2,(H,22,23,27)/t13-/m0/s1. The first-order valence-corrected chi connectivity index (χ1v) is 8.90. The first-order valence-electron chi connectivity index (χ1n) is 8.90. The van der Waals surface area contributed by atoms with Gasteiger partial charge in [-0.25, -0.2) is 4.79 Å². The van der Waals surface area contributed by atoms with Gasteiger partial charge in [-0.1, -0.05) is 12.1 Å². The number of urea groups is 1. The van der Waals surface area contributed by atoms with Crippen molar-refractivity contribution in [3.8, 4) is 5.75 Å². The zero-order valence-electron chi connectivity index (χ0n) is 15.0. The predicted octanol–water partition coefficient (Wildman–Crippen LogP) is 2.97. The highest BCUT2D eigenvalue weighted by molar-refractivity contribution is 5.88. The van der Waals surface area contributed by atoms with Crippen molar-refractivity contribution in [3.05, 3.63) is 42.1 Å². The monoisotopic (exact) mass is 398 g/mol. The van der Waals surface area contributed by atoms with Crippen LogP contribution in [0.25, 0.3) is 0 Å². The highest BCUT2D eigenvalue weighted by Gasteiger charge is 2.36. The molecule has 1 atom stereocenters. The van der Waals surface area contributed by atoms with Crippen molar-refractivity contribution in [2.24, 2.45) is 0 Å². The van der Waals surface area contributed by atoms with E-state index in [2.05, 4.69) is 10.4 Å². The van der Waals surface area contributed by atoms with Crippen LogP contribution >= 0.6 is 0 Å². The lowest BCUT2D eigenvalue weighted by Gasteiger charge is -2.19. The Balaban J connectivity index is 1.55. The number of anilines is 1. The lowest BCUT2D eigenvalue weighted by Crippen LogP contribution is -2.34. The first kappa shape index (κ1) is 20.0. The molecule has 0 aliphatic carbocycles. The second kappa shape index (κ2) is 8.51. The summed E-state index contributed by atoms with van der Waals surface area (Å²) in [6, 6.07) is 6.30. The normalized spacial score (nSPS) is 17.0. The topological polar surface area (TPSA) is 79.6 Å². The summed E-state index contributed by atoms with van der Waals surface area (Å²) in [5.74, 6) is 0.139. The quantitative estimate of drug-likeness (QED) is 0.784. The van der Waals surface area contributed by atoms with Crippen LogP contribution in [-0.2, 0) is 12.7 Å². The van der Waals surface area contributed by atoms with Gasteiger partial charge in [-0.05, 0) is 18.6 Å². The molecule has 0 saturated carbocycles. The molecular weight excluding hydrogens is 377 g/mol. The molecule has 0 spiro atoms. The van der Waals surface area contributed by atoms with Gasteiger partial charge in [0.1, 0.15) is 11.9 Å². The second-order valence-electron chi connectivity index (χ2n) is 6.44. The summed E-state index contributed by atoms with van der Waals surface area (Å²) >= 11 is 0. The van der Waals surface area contributed by atoms with E-state index in [1.807, 2.05) is 0 Å². The summed E-state index contributed by atoms with van der Waals surface area (Å²) in [5.41, 5.74) is -0.827. The number of aromatic nitrogens is 2. The number of alkyl halides is 3. The maximum absolute atomic E-state index is 13.1. The van der Waals surface area contributed by atoms with Gasteiger partial charge in [0.05, 0.1) is 12.1 Å². The maximum atomic E-state index is 13.1. The van der Waals surface area contributed by atoms with Gasteiger partial charge in [0.15, 0.2) is 5.82 Å². The van der Waals surface area contributed by atoms with E-state index < -0.39 is 17.8 Å². The number of hydrogen-bond acceptors (Lipinski definition) is 4. The van der Waals surface area contributed by atoms with Gasteiger partial charge < -0.3 is 14.7 Å².